The van der Waals surface area contributed by atoms with Gasteiger partial charge in [0, 0.05) is 39.9 Å². The van der Waals surface area contributed by atoms with Crippen molar-refractivity contribution in [2.24, 2.45) is 36.1 Å². The summed E-state index contributed by atoms with van der Waals surface area (Å²) in [6.07, 6.45) is 2.14. The molecular formula is C47H35ClFN5O6S. The van der Waals surface area contributed by atoms with E-state index in [1.165, 1.54) is 27.0 Å². The Kier molecular flexibility index (Phi) is 8.17. The minimum Gasteiger partial charge on any atom is -0.505 e. The van der Waals surface area contributed by atoms with Crippen LogP contribution in [0, 0.1) is 41.8 Å². The second-order valence-electron chi connectivity index (χ2n) is 16.6. The lowest BCUT2D eigenvalue weighted by Crippen LogP contribution is -2.49. The molecular weight excluding hydrogens is 817 g/mol. The monoisotopic (exact) mass is 851 g/mol. The summed E-state index contributed by atoms with van der Waals surface area (Å²) < 4.78 is 23.7. The van der Waals surface area contributed by atoms with Crippen LogP contribution in [0.15, 0.2) is 107 Å². The fourth-order valence-electron chi connectivity index (χ4n) is 10.6. The van der Waals surface area contributed by atoms with Crippen molar-refractivity contribution in [1.29, 1.82) is 0 Å². The summed E-state index contributed by atoms with van der Waals surface area (Å²) in [6.45, 7) is 3.67. The molecule has 14 heteroatoms. The Morgan fingerprint density at radius 2 is 1.70 bits per heavy atom. The van der Waals surface area contributed by atoms with E-state index in [4.69, 9.17) is 21.1 Å². The number of nitrogens with zero attached hydrogens (tertiary/aromatic N) is 5. The number of hydrogen-bond acceptors (Lipinski definition) is 9. The van der Waals surface area contributed by atoms with E-state index in [-0.39, 0.29) is 30.1 Å². The summed E-state index contributed by atoms with van der Waals surface area (Å²) in [6, 6.07) is 25.8. The Morgan fingerprint density at radius 1 is 0.918 bits per heavy atom. The first-order valence-corrected chi connectivity index (χ1v) is 21.2. The third-order valence-corrected chi connectivity index (χ3v) is 15.0. The van der Waals surface area contributed by atoms with E-state index >= 15 is 9.18 Å². The number of phenolic OH excluding ortho intramolecular Hbond substituents is 1. The molecule has 304 valence electrons. The van der Waals surface area contributed by atoms with Gasteiger partial charge in [-0.25, -0.2) is 14.3 Å². The van der Waals surface area contributed by atoms with Crippen LogP contribution in [0.1, 0.15) is 36.8 Å². The van der Waals surface area contributed by atoms with Crippen molar-refractivity contribution in [2.45, 2.75) is 32.6 Å². The van der Waals surface area contributed by atoms with Gasteiger partial charge in [0.15, 0.2) is 17.1 Å². The van der Waals surface area contributed by atoms with E-state index < -0.39 is 64.3 Å². The highest BCUT2D eigenvalue weighted by Crippen LogP contribution is 2.64. The molecule has 1 saturated carbocycles. The van der Waals surface area contributed by atoms with Crippen LogP contribution in [0.3, 0.4) is 0 Å². The second-order valence-corrected chi connectivity index (χ2v) is 18.1. The van der Waals surface area contributed by atoms with Crippen LogP contribution in [0.2, 0.25) is 5.02 Å². The molecule has 6 atom stereocenters. The maximum atomic E-state index is 15.3. The van der Waals surface area contributed by atoms with E-state index in [0.717, 1.165) is 31.5 Å². The van der Waals surface area contributed by atoms with Crippen LogP contribution in [0.4, 0.5) is 15.9 Å². The van der Waals surface area contributed by atoms with Crippen LogP contribution >= 0.6 is 22.9 Å². The van der Waals surface area contributed by atoms with Crippen molar-refractivity contribution < 1.29 is 33.1 Å². The number of aryl methyl sites for hydroxylation is 2. The third kappa shape index (κ3) is 5.26. The number of para-hydroxylation sites is 3. The minimum atomic E-state index is -1.50. The van der Waals surface area contributed by atoms with Gasteiger partial charge >= 0.3 is 0 Å². The van der Waals surface area contributed by atoms with Crippen molar-refractivity contribution in [3.63, 3.8) is 0 Å². The Labute approximate surface area is 356 Å². The Hall–Kier alpha value is -6.44. The molecule has 1 N–H and O–H groups in total. The lowest BCUT2D eigenvalue weighted by Gasteiger charge is -2.49. The zero-order valence-electron chi connectivity index (χ0n) is 32.9. The molecule has 3 aromatic heterocycles. The van der Waals surface area contributed by atoms with Gasteiger partial charge in [0.1, 0.15) is 17.0 Å². The molecule has 4 aliphatic rings. The van der Waals surface area contributed by atoms with Gasteiger partial charge in [-0.05, 0) is 104 Å². The number of allylic oxidation sites excluding steroid dienone is 2. The van der Waals surface area contributed by atoms with Crippen molar-refractivity contribution in [3.8, 4) is 27.8 Å². The minimum absolute atomic E-state index is 0.0849. The molecule has 2 aliphatic heterocycles. The number of carbonyl (C=O) groups excluding carboxylic acids is 4. The fraction of sp³-hybridized carbons (Fsp3) is 0.234. The lowest BCUT2D eigenvalue weighted by atomic mass is 9.51. The largest absolute Gasteiger partial charge is 0.505 e. The van der Waals surface area contributed by atoms with Gasteiger partial charge < -0.3 is 9.52 Å². The smallest absolute Gasteiger partial charge is 0.242 e. The Morgan fingerprint density at radius 3 is 2.49 bits per heavy atom. The Bertz CT molecular complexity index is 3080. The van der Waals surface area contributed by atoms with Crippen molar-refractivity contribution in [1.82, 2.24) is 14.8 Å². The zero-order chi connectivity index (χ0) is 42.2. The molecule has 2 aliphatic carbocycles. The number of halogens is 2. The highest BCUT2D eigenvalue weighted by molar-refractivity contribution is 7.22. The van der Waals surface area contributed by atoms with E-state index in [2.05, 4.69) is 4.98 Å². The van der Waals surface area contributed by atoms with Gasteiger partial charge in [0.05, 0.1) is 33.7 Å². The predicted octanol–water partition coefficient (Wildman–Crippen LogP) is 9.35. The first-order chi connectivity index (χ1) is 29.3. The van der Waals surface area contributed by atoms with Crippen LogP contribution in [0.5, 0.6) is 5.75 Å². The van der Waals surface area contributed by atoms with Gasteiger partial charge in [0.2, 0.25) is 29.5 Å². The van der Waals surface area contributed by atoms with Gasteiger partial charge in [-0.15, -0.1) is 11.3 Å². The van der Waals surface area contributed by atoms with Crippen LogP contribution in [-0.4, -0.2) is 43.5 Å². The van der Waals surface area contributed by atoms with Gasteiger partial charge in [0.25, 0.3) is 0 Å². The SMILES string of the molecule is Cc1c(-c2cc(N3C(=O)C4CC5C(=CCC6C(=O)N(c7ccc(-c8nc9ccccc9o8)cc7)C(=O)C65)C(c5cccc(F)c5O)C4(C)C3=O)n(C)n2)sc2ccc(Cl)cc12. The van der Waals surface area contributed by atoms with E-state index in [9.17, 15) is 19.5 Å². The first kappa shape index (κ1) is 37.6. The molecule has 7 aromatic rings. The summed E-state index contributed by atoms with van der Waals surface area (Å²) in [5.74, 6) is -6.91. The molecule has 3 fully saturated rings. The number of hydrogen-bond donors (Lipinski definition) is 1. The fourth-order valence-corrected chi connectivity index (χ4v) is 11.9. The number of oxazole rings is 1. The molecule has 5 heterocycles. The molecule has 0 radical (unpaired) electrons. The topological polar surface area (TPSA) is 139 Å². The average Bonchev–Trinajstić information content (AvgIpc) is 4.04. The summed E-state index contributed by atoms with van der Waals surface area (Å²) in [5.41, 5.74) is 3.19. The third-order valence-electron chi connectivity index (χ3n) is 13.5. The van der Waals surface area contributed by atoms with E-state index in [1.54, 1.807) is 50.4 Å². The maximum Gasteiger partial charge on any atom is 0.242 e. The molecule has 0 spiro atoms. The number of amides is 4. The van der Waals surface area contributed by atoms with Gasteiger partial charge in [-0.2, -0.15) is 5.10 Å². The Balaban J connectivity index is 0.971. The van der Waals surface area contributed by atoms with E-state index in [1.807, 2.05) is 55.5 Å². The molecule has 11 nitrogen and oxygen atoms in total. The summed E-state index contributed by atoms with van der Waals surface area (Å²) in [5, 5.41) is 17.7. The number of rotatable bonds is 5. The van der Waals surface area contributed by atoms with Crippen molar-refractivity contribution in [3.05, 3.63) is 125 Å². The van der Waals surface area contributed by atoms with Crippen molar-refractivity contribution >= 4 is 79.3 Å². The number of aromatic nitrogens is 3. The molecule has 11 rings (SSSR count). The first-order valence-electron chi connectivity index (χ1n) is 20.0. The summed E-state index contributed by atoms with van der Waals surface area (Å²) in [7, 11) is 1.67. The lowest BCUT2D eigenvalue weighted by molar-refractivity contribution is -0.131. The van der Waals surface area contributed by atoms with Crippen LogP contribution in [0.25, 0.3) is 43.2 Å². The number of benzene rings is 4. The zero-order valence-corrected chi connectivity index (χ0v) is 34.5. The molecule has 0 bridgehead atoms. The predicted molar refractivity (Wildman–Crippen MR) is 228 cm³/mol. The quantitative estimate of drug-likeness (QED) is 0.134. The molecule has 61 heavy (non-hydrogen) atoms. The van der Waals surface area contributed by atoms with Crippen LogP contribution < -0.4 is 9.80 Å². The highest BCUT2D eigenvalue weighted by Gasteiger charge is 2.68. The second kappa shape index (κ2) is 13.3. The number of phenols is 1. The van der Waals surface area contributed by atoms with Gasteiger partial charge in [-0.3, -0.25) is 28.8 Å². The maximum absolute atomic E-state index is 15.3. The standard InChI is InChI=1S/C47H35ClFN5O6S/c1-22-29-19-24(48)13-18-36(29)61-41(22)34-21-37(52(3)51-34)54-44(57)31-20-30-26(39(47(31,2)46(54)59)28-7-6-8-32(49)40(28)55)16-17-27-38(30)45(58)53(43(27)56)25-14-11-23(12-15-25)42-50-33-9-4-5-10-35(33)60-42/h4-16,18-19,21,27,30-31,38-39,55H,17,20H2,1-3H3. The summed E-state index contributed by atoms with van der Waals surface area (Å²) in [4.78, 5) is 66.8. The molecule has 4 aromatic carbocycles. The van der Waals surface area contributed by atoms with Gasteiger partial charge in [-0.1, -0.05) is 47.5 Å². The number of carbonyl (C=O) groups is 4. The average molecular weight is 852 g/mol. The number of fused-ring (bicyclic) bond motifs is 6. The normalized spacial score (nSPS) is 24.8. The van der Waals surface area contributed by atoms with Crippen molar-refractivity contribution in [2.75, 3.05) is 9.80 Å². The summed E-state index contributed by atoms with van der Waals surface area (Å²) >= 11 is 7.85. The highest BCUT2D eigenvalue weighted by atomic mass is 35.5. The van der Waals surface area contributed by atoms with Crippen LogP contribution in [-0.2, 0) is 26.2 Å². The van der Waals surface area contributed by atoms with E-state index in [0.29, 0.717) is 44.5 Å². The number of imide groups is 2. The number of anilines is 2. The molecule has 2 saturated heterocycles. The molecule has 4 amide bonds. The number of aromatic hydroxyl groups is 1. The molecule has 6 unspecified atom stereocenters. The number of thiophene rings is 1.